The van der Waals surface area contributed by atoms with Crippen molar-refractivity contribution in [2.45, 2.75) is 19.4 Å². The average molecular weight is 465 g/mol. The van der Waals surface area contributed by atoms with E-state index in [2.05, 4.69) is 21.3 Å². The molecule has 0 saturated heterocycles. The predicted octanol–water partition coefficient (Wildman–Crippen LogP) is 2.38. The van der Waals surface area contributed by atoms with E-state index in [4.69, 9.17) is 9.94 Å². The number of ether oxygens (including phenoxy) is 1. The van der Waals surface area contributed by atoms with E-state index < -0.39 is 5.91 Å². The average Bonchev–Trinajstić information content (AvgIpc) is 3.18. The van der Waals surface area contributed by atoms with Crippen molar-refractivity contribution >= 4 is 22.6 Å². The summed E-state index contributed by atoms with van der Waals surface area (Å²) in [7, 11) is 1.69. The number of carbonyl (C=O) groups is 2. The summed E-state index contributed by atoms with van der Waals surface area (Å²) in [5, 5.41) is 16.6. The number of nitrogens with one attached hydrogen (secondary N) is 3. The highest BCUT2D eigenvalue weighted by Crippen LogP contribution is 2.34. The smallest absolute Gasteiger partial charge is 0.274 e. The van der Waals surface area contributed by atoms with Crippen molar-refractivity contribution in [3.8, 4) is 0 Å². The molecule has 0 saturated carbocycles. The maximum Gasteiger partial charge on any atom is 0.274 e. The third-order valence-corrected chi connectivity index (χ3v) is 6.44. The maximum absolute atomic E-state index is 13.5. The van der Waals surface area contributed by atoms with Crippen LogP contribution in [0.5, 0.6) is 0 Å². The molecular weight excluding hydrogens is 432 g/mol. The minimum absolute atomic E-state index is 0.0259. The van der Waals surface area contributed by atoms with Crippen molar-refractivity contribution in [1.29, 1.82) is 0 Å². The Morgan fingerprint density at radius 3 is 2.62 bits per heavy atom. The molecule has 4 rings (SSSR count). The van der Waals surface area contributed by atoms with Crippen LogP contribution in [0.2, 0.25) is 0 Å². The zero-order valence-electron chi connectivity index (χ0n) is 19.5. The van der Waals surface area contributed by atoms with E-state index in [1.807, 2.05) is 30.3 Å². The molecule has 180 valence electrons. The lowest BCUT2D eigenvalue weighted by molar-refractivity contribution is 0.0706. The summed E-state index contributed by atoms with van der Waals surface area (Å²) in [5.41, 5.74) is 6.06. The minimum Gasteiger partial charge on any atom is -0.383 e. The number of ketones is 1. The molecule has 2 aromatic carbocycles. The van der Waals surface area contributed by atoms with E-state index in [9.17, 15) is 9.59 Å². The summed E-state index contributed by atoms with van der Waals surface area (Å²) in [6.07, 6.45) is 1.67. The van der Waals surface area contributed by atoms with Gasteiger partial charge in [0.2, 0.25) is 0 Å². The molecule has 0 spiro atoms. The number of Topliss-reactive ketones (excluding diaryl/α,β-unsaturated/α-hetero) is 1. The van der Waals surface area contributed by atoms with Crippen LogP contribution in [-0.2, 0) is 17.7 Å². The van der Waals surface area contributed by atoms with Crippen LogP contribution in [0.3, 0.4) is 0 Å². The van der Waals surface area contributed by atoms with Crippen LogP contribution in [-0.4, -0.2) is 61.4 Å². The first-order valence-corrected chi connectivity index (χ1v) is 11.7. The fourth-order valence-corrected chi connectivity index (χ4v) is 4.67. The molecule has 8 heteroatoms. The second-order valence-corrected chi connectivity index (χ2v) is 8.61. The molecule has 0 radical (unpaired) electrons. The molecular formula is C26H32N4O4. The number of benzene rings is 2. The van der Waals surface area contributed by atoms with Crippen molar-refractivity contribution < 1.29 is 19.5 Å². The zero-order valence-corrected chi connectivity index (χ0v) is 19.5. The quantitative estimate of drug-likeness (QED) is 0.197. The van der Waals surface area contributed by atoms with E-state index in [1.54, 1.807) is 24.7 Å². The van der Waals surface area contributed by atoms with Gasteiger partial charge in [-0.2, -0.15) is 0 Å². The Balaban J connectivity index is 1.49. The highest BCUT2D eigenvalue weighted by molar-refractivity contribution is 6.11. The van der Waals surface area contributed by atoms with Gasteiger partial charge < -0.3 is 19.9 Å². The van der Waals surface area contributed by atoms with Gasteiger partial charge >= 0.3 is 0 Å². The second-order valence-electron chi connectivity index (χ2n) is 8.61. The molecule has 1 amide bonds. The fourth-order valence-electron chi connectivity index (χ4n) is 4.67. The van der Waals surface area contributed by atoms with Gasteiger partial charge in [0.25, 0.3) is 5.91 Å². The standard InChI is InChI=1S/C26H32N4O4/c1-34-15-14-27-12-13-28-16-20-10-11-23-24(25(20)31)21-4-2-3-5-22(21)30(23)17-18-6-8-19(9-7-18)26(32)29-33/h2-9,20,27-28,33H,10-17H2,1H3,(H,29,32). The highest BCUT2D eigenvalue weighted by Gasteiger charge is 2.32. The number of rotatable bonds is 11. The van der Waals surface area contributed by atoms with Crippen molar-refractivity contribution in [2.75, 3.05) is 39.9 Å². The molecule has 1 aliphatic rings. The van der Waals surface area contributed by atoms with E-state index in [0.29, 0.717) is 25.3 Å². The van der Waals surface area contributed by atoms with E-state index in [1.165, 1.54) is 0 Å². The molecule has 0 bridgehead atoms. The summed E-state index contributed by atoms with van der Waals surface area (Å²) in [4.78, 5) is 25.1. The molecule has 3 aromatic rings. The molecule has 8 nitrogen and oxygen atoms in total. The Hall–Kier alpha value is -3.04. The molecule has 1 aliphatic carbocycles. The lowest BCUT2D eigenvalue weighted by atomic mass is 9.85. The van der Waals surface area contributed by atoms with Crippen molar-refractivity contribution in [3.05, 3.63) is 70.9 Å². The van der Waals surface area contributed by atoms with Gasteiger partial charge in [-0.05, 0) is 36.6 Å². The molecule has 4 N–H and O–H groups in total. The number of hydrogen-bond donors (Lipinski definition) is 4. The van der Waals surface area contributed by atoms with Crippen LogP contribution >= 0.6 is 0 Å². The van der Waals surface area contributed by atoms with Gasteiger partial charge in [-0.3, -0.25) is 14.8 Å². The number of fused-ring (bicyclic) bond motifs is 3. The number of aromatic nitrogens is 1. The van der Waals surface area contributed by atoms with Crippen molar-refractivity contribution in [2.24, 2.45) is 5.92 Å². The Labute approximate surface area is 199 Å². The molecule has 1 aromatic heterocycles. The number of hydrogen-bond acceptors (Lipinski definition) is 6. The van der Waals surface area contributed by atoms with Gasteiger partial charge in [0.1, 0.15) is 0 Å². The normalized spacial score (nSPS) is 15.5. The number of hydroxylamine groups is 1. The summed E-state index contributed by atoms with van der Waals surface area (Å²) in [6, 6.07) is 15.2. The molecule has 0 fully saturated rings. The first kappa shape index (κ1) is 24.1. The zero-order chi connectivity index (χ0) is 23.9. The maximum atomic E-state index is 13.5. The van der Waals surface area contributed by atoms with Gasteiger partial charge in [-0.15, -0.1) is 0 Å². The van der Waals surface area contributed by atoms with Crippen LogP contribution in [0.4, 0.5) is 0 Å². The molecule has 1 atom stereocenters. The first-order valence-electron chi connectivity index (χ1n) is 11.7. The number of carbonyl (C=O) groups excluding carboxylic acids is 2. The molecule has 0 aliphatic heterocycles. The summed E-state index contributed by atoms with van der Waals surface area (Å²) >= 11 is 0. The molecule has 1 heterocycles. The number of para-hydroxylation sites is 1. The Morgan fingerprint density at radius 2 is 1.85 bits per heavy atom. The molecule has 1 unspecified atom stereocenters. The Morgan fingerprint density at radius 1 is 1.09 bits per heavy atom. The van der Waals surface area contributed by atoms with E-state index in [-0.39, 0.29) is 11.7 Å². The number of nitrogens with zero attached hydrogens (tertiary/aromatic N) is 1. The largest absolute Gasteiger partial charge is 0.383 e. The van der Waals surface area contributed by atoms with Gasteiger partial charge in [0.05, 0.1) is 6.61 Å². The topological polar surface area (TPSA) is 105 Å². The van der Waals surface area contributed by atoms with Gasteiger partial charge in [-0.25, -0.2) is 5.48 Å². The first-order chi connectivity index (χ1) is 16.6. The number of methoxy groups -OCH3 is 1. The van der Waals surface area contributed by atoms with Gasteiger partial charge in [0, 0.05) is 73.5 Å². The van der Waals surface area contributed by atoms with Crippen molar-refractivity contribution in [1.82, 2.24) is 20.7 Å². The third kappa shape index (κ3) is 5.20. The van der Waals surface area contributed by atoms with Crippen LogP contribution in [0.25, 0.3) is 10.9 Å². The van der Waals surface area contributed by atoms with E-state index >= 15 is 0 Å². The van der Waals surface area contributed by atoms with Gasteiger partial charge in [-0.1, -0.05) is 30.3 Å². The van der Waals surface area contributed by atoms with Crippen LogP contribution in [0.15, 0.2) is 48.5 Å². The third-order valence-electron chi connectivity index (χ3n) is 6.44. The van der Waals surface area contributed by atoms with E-state index in [0.717, 1.165) is 60.2 Å². The Bertz CT molecular complexity index is 1140. The summed E-state index contributed by atoms with van der Waals surface area (Å²) in [5.74, 6) is -0.348. The predicted molar refractivity (Wildman–Crippen MR) is 130 cm³/mol. The van der Waals surface area contributed by atoms with Gasteiger partial charge in [0.15, 0.2) is 5.78 Å². The van der Waals surface area contributed by atoms with Crippen LogP contribution in [0.1, 0.15) is 38.4 Å². The minimum atomic E-state index is -0.536. The lowest BCUT2D eigenvalue weighted by Gasteiger charge is -2.23. The summed E-state index contributed by atoms with van der Waals surface area (Å²) in [6.45, 7) is 4.45. The Kier molecular flexibility index (Phi) is 8.08. The fraction of sp³-hybridized carbons (Fsp3) is 0.385. The highest BCUT2D eigenvalue weighted by atomic mass is 16.5. The monoisotopic (exact) mass is 464 g/mol. The van der Waals surface area contributed by atoms with Crippen LogP contribution < -0.4 is 16.1 Å². The summed E-state index contributed by atoms with van der Waals surface area (Å²) < 4.78 is 7.26. The lowest BCUT2D eigenvalue weighted by Crippen LogP contribution is -2.36. The van der Waals surface area contributed by atoms with Crippen LogP contribution in [0, 0.1) is 5.92 Å². The molecule has 34 heavy (non-hydrogen) atoms. The van der Waals surface area contributed by atoms with Crippen molar-refractivity contribution in [3.63, 3.8) is 0 Å². The number of amides is 1. The second kappa shape index (κ2) is 11.4. The SMILES string of the molecule is COCCNCCNCC1CCc2c(c3ccccc3n2Cc2ccc(C(=O)NO)cc2)C1=O.